The number of rotatable bonds is 10. The van der Waals surface area contributed by atoms with E-state index in [4.69, 9.17) is 4.74 Å². The van der Waals surface area contributed by atoms with E-state index in [0.29, 0.717) is 43.8 Å². The molecular formula is C23H37FN4O3. The van der Waals surface area contributed by atoms with E-state index in [1.165, 1.54) is 15.6 Å². The first kappa shape index (κ1) is 23.9. The molecule has 8 heteroatoms. The van der Waals surface area contributed by atoms with Crippen LogP contribution in [0.5, 0.6) is 0 Å². The highest BCUT2D eigenvalue weighted by molar-refractivity contribution is 5.31. The van der Waals surface area contributed by atoms with Crippen LogP contribution in [-0.2, 0) is 17.8 Å². The monoisotopic (exact) mass is 436 g/mol. The lowest BCUT2D eigenvalue weighted by molar-refractivity contribution is -0.0269. The highest BCUT2D eigenvalue weighted by atomic mass is 19.1. The highest BCUT2D eigenvalue weighted by Crippen LogP contribution is 2.37. The summed E-state index contributed by atoms with van der Waals surface area (Å²) in [5.41, 5.74) is 1.42. The molecule has 2 aliphatic heterocycles. The van der Waals surface area contributed by atoms with E-state index in [-0.39, 0.29) is 24.2 Å². The quantitative estimate of drug-likeness (QED) is 0.571. The predicted octanol–water partition coefficient (Wildman–Crippen LogP) is 3.04. The molecule has 2 saturated heterocycles. The van der Waals surface area contributed by atoms with Crippen molar-refractivity contribution in [1.29, 1.82) is 0 Å². The van der Waals surface area contributed by atoms with Gasteiger partial charge in [-0.15, -0.1) is 0 Å². The average molecular weight is 437 g/mol. The Hall–Kier alpha value is -1.77. The second-order valence-electron chi connectivity index (χ2n) is 8.73. The summed E-state index contributed by atoms with van der Waals surface area (Å²) in [7, 11) is 0. The summed E-state index contributed by atoms with van der Waals surface area (Å²) in [4.78, 5) is 14.5. The summed E-state index contributed by atoms with van der Waals surface area (Å²) >= 11 is 0. The standard InChI is InChI=1S/C23H37FN4O3/c1-5-16(4)21(22(24)6-2)14-31-20-10-17-8-9-18(11-20)27(17)12-19(29)13-28-23(30)26(7-3)15-25-28/h5,15,17-20,29H,6-14H2,1-4H3/b16-5-,22-21+/t17?,18?,19-,20?/m0/s1. The Morgan fingerprint density at radius 3 is 2.55 bits per heavy atom. The number of nitrogens with zero attached hydrogens (tertiary/aromatic N) is 4. The van der Waals surface area contributed by atoms with Crippen molar-refractivity contribution in [2.24, 2.45) is 0 Å². The van der Waals surface area contributed by atoms with Crippen LogP contribution in [-0.4, -0.2) is 61.8 Å². The summed E-state index contributed by atoms with van der Waals surface area (Å²) in [5, 5.41) is 14.7. The molecule has 174 valence electrons. The van der Waals surface area contributed by atoms with Crippen molar-refractivity contribution in [2.75, 3.05) is 13.2 Å². The summed E-state index contributed by atoms with van der Waals surface area (Å²) < 4.78 is 23.3. The van der Waals surface area contributed by atoms with Crippen LogP contribution < -0.4 is 5.69 Å². The van der Waals surface area contributed by atoms with Gasteiger partial charge in [-0.1, -0.05) is 13.0 Å². The molecule has 2 fully saturated rings. The van der Waals surface area contributed by atoms with Gasteiger partial charge >= 0.3 is 5.69 Å². The minimum atomic E-state index is -0.649. The largest absolute Gasteiger partial charge is 0.390 e. The van der Waals surface area contributed by atoms with Gasteiger partial charge in [0.15, 0.2) is 0 Å². The number of ether oxygens (including phenoxy) is 1. The van der Waals surface area contributed by atoms with Crippen molar-refractivity contribution in [3.05, 3.63) is 39.9 Å². The van der Waals surface area contributed by atoms with E-state index >= 15 is 0 Å². The van der Waals surface area contributed by atoms with Crippen LogP contribution in [0, 0.1) is 0 Å². The second kappa shape index (κ2) is 10.7. The first-order valence-electron chi connectivity index (χ1n) is 11.6. The van der Waals surface area contributed by atoms with Crippen molar-refractivity contribution in [3.8, 4) is 0 Å². The van der Waals surface area contributed by atoms with Gasteiger partial charge in [0, 0.05) is 30.7 Å². The molecule has 3 heterocycles. The molecule has 1 aromatic rings. The third-order valence-corrected chi connectivity index (χ3v) is 6.79. The zero-order valence-corrected chi connectivity index (χ0v) is 19.3. The van der Waals surface area contributed by atoms with Crippen LogP contribution in [0.3, 0.4) is 0 Å². The Kier molecular flexibility index (Phi) is 8.24. The Morgan fingerprint density at radius 1 is 1.32 bits per heavy atom. The van der Waals surface area contributed by atoms with Gasteiger partial charge in [0.1, 0.15) is 12.2 Å². The number of aliphatic hydroxyl groups is 1. The number of halogens is 1. The number of aliphatic hydroxyl groups excluding tert-OH is 1. The third kappa shape index (κ3) is 5.54. The van der Waals surface area contributed by atoms with Gasteiger partial charge < -0.3 is 9.84 Å². The van der Waals surface area contributed by atoms with Crippen LogP contribution in [0.1, 0.15) is 59.8 Å². The van der Waals surface area contributed by atoms with Crippen molar-refractivity contribution in [1.82, 2.24) is 19.2 Å². The zero-order chi connectivity index (χ0) is 22.5. The molecule has 1 N–H and O–H groups in total. The maximum absolute atomic E-state index is 14.3. The molecule has 0 aliphatic carbocycles. The molecule has 31 heavy (non-hydrogen) atoms. The van der Waals surface area contributed by atoms with Gasteiger partial charge in [0.25, 0.3) is 0 Å². The Bertz CT molecular complexity index is 845. The molecule has 3 atom stereocenters. The lowest BCUT2D eigenvalue weighted by Crippen LogP contribution is -2.49. The topological polar surface area (TPSA) is 72.5 Å². The molecule has 2 unspecified atom stereocenters. The zero-order valence-electron chi connectivity index (χ0n) is 19.3. The number of hydrogen-bond donors (Lipinski definition) is 1. The summed E-state index contributed by atoms with van der Waals surface area (Å²) in [6, 6.07) is 0.712. The molecule has 3 rings (SSSR count). The number of allylic oxidation sites excluding steroid dienone is 2. The number of aryl methyl sites for hydroxylation is 1. The minimum absolute atomic E-state index is 0.0973. The molecule has 1 aromatic heterocycles. The molecule has 0 saturated carbocycles. The molecular weight excluding hydrogens is 399 g/mol. The molecule has 0 amide bonds. The Morgan fingerprint density at radius 2 is 2.00 bits per heavy atom. The summed E-state index contributed by atoms with van der Waals surface area (Å²) in [6.45, 7) is 9.17. The first-order valence-corrected chi connectivity index (χ1v) is 11.6. The van der Waals surface area contributed by atoms with Crippen LogP contribution in [0.4, 0.5) is 4.39 Å². The molecule has 0 aromatic carbocycles. The molecule has 2 aliphatic rings. The van der Waals surface area contributed by atoms with Gasteiger partial charge in [-0.25, -0.2) is 13.9 Å². The maximum Gasteiger partial charge on any atom is 0.345 e. The average Bonchev–Trinajstić information content (AvgIpc) is 3.21. The molecule has 7 nitrogen and oxygen atoms in total. The van der Waals surface area contributed by atoms with Crippen molar-refractivity contribution < 1.29 is 14.2 Å². The SMILES string of the molecule is C/C=C(C)\C(COC1CC2CCC(C1)N2C[C@H](O)Cn1ncn(CC)c1=O)=C(\F)CC. The number of hydrogen-bond acceptors (Lipinski definition) is 5. The van der Waals surface area contributed by atoms with Crippen molar-refractivity contribution >= 4 is 0 Å². The van der Waals surface area contributed by atoms with Gasteiger partial charge in [-0.2, -0.15) is 5.10 Å². The Balaban J connectivity index is 1.55. The number of piperidine rings is 1. The Labute approximate surface area is 184 Å². The van der Waals surface area contributed by atoms with Crippen LogP contribution in [0.25, 0.3) is 0 Å². The normalized spacial score (nSPS) is 26.3. The fraction of sp³-hybridized carbons (Fsp3) is 0.739. The van der Waals surface area contributed by atoms with Gasteiger partial charge in [0.05, 0.1) is 25.4 Å². The third-order valence-electron chi connectivity index (χ3n) is 6.79. The predicted molar refractivity (Wildman–Crippen MR) is 119 cm³/mol. The van der Waals surface area contributed by atoms with E-state index < -0.39 is 6.10 Å². The summed E-state index contributed by atoms with van der Waals surface area (Å²) in [5.74, 6) is -0.0973. The lowest BCUT2D eigenvalue weighted by Gasteiger charge is -2.39. The van der Waals surface area contributed by atoms with E-state index in [1.807, 2.05) is 33.8 Å². The van der Waals surface area contributed by atoms with E-state index in [0.717, 1.165) is 31.3 Å². The van der Waals surface area contributed by atoms with Gasteiger partial charge in [-0.05, 0) is 58.4 Å². The second-order valence-corrected chi connectivity index (χ2v) is 8.73. The van der Waals surface area contributed by atoms with E-state index in [2.05, 4.69) is 10.00 Å². The van der Waals surface area contributed by atoms with Gasteiger partial charge in [0.2, 0.25) is 0 Å². The van der Waals surface area contributed by atoms with Crippen molar-refractivity contribution in [2.45, 2.75) is 97.2 Å². The van der Waals surface area contributed by atoms with Gasteiger partial charge in [-0.3, -0.25) is 9.47 Å². The van der Waals surface area contributed by atoms with E-state index in [9.17, 15) is 14.3 Å². The lowest BCUT2D eigenvalue weighted by atomic mass is 9.98. The van der Waals surface area contributed by atoms with Crippen LogP contribution >= 0.6 is 0 Å². The molecule has 0 spiro atoms. The van der Waals surface area contributed by atoms with Crippen LogP contribution in [0.2, 0.25) is 0 Å². The fourth-order valence-corrected chi connectivity index (χ4v) is 4.87. The first-order chi connectivity index (χ1) is 14.9. The number of fused-ring (bicyclic) bond motifs is 2. The summed E-state index contributed by atoms with van der Waals surface area (Å²) in [6.07, 6.45) is 7.24. The minimum Gasteiger partial charge on any atom is -0.390 e. The smallest absolute Gasteiger partial charge is 0.345 e. The maximum atomic E-state index is 14.3. The molecule has 0 radical (unpaired) electrons. The van der Waals surface area contributed by atoms with Crippen molar-refractivity contribution in [3.63, 3.8) is 0 Å². The highest BCUT2D eigenvalue weighted by Gasteiger charge is 2.41. The van der Waals surface area contributed by atoms with Crippen LogP contribution in [0.15, 0.2) is 34.2 Å². The molecule has 2 bridgehead atoms. The fourth-order valence-electron chi connectivity index (χ4n) is 4.87. The van der Waals surface area contributed by atoms with E-state index in [1.54, 1.807) is 0 Å². The number of aromatic nitrogens is 3.